The Labute approximate surface area is 137 Å². The third-order valence-corrected chi connectivity index (χ3v) is 3.52. The first kappa shape index (κ1) is 15.9. The van der Waals surface area contributed by atoms with Gasteiger partial charge in [-0.3, -0.25) is 4.98 Å². The van der Waals surface area contributed by atoms with E-state index in [0.29, 0.717) is 20.8 Å². The van der Waals surface area contributed by atoms with Gasteiger partial charge in [0.25, 0.3) is 0 Å². The Balaban J connectivity index is 0.00000162. The average molecular weight is 416 g/mol. The fourth-order valence-electron chi connectivity index (χ4n) is 1.39. The number of hydrogen-bond donors (Lipinski definition) is 0. The molecule has 1 heterocycles. The Hall–Kier alpha value is -0.170. The summed E-state index contributed by atoms with van der Waals surface area (Å²) in [6, 6.07) is 7.38. The molecule has 0 aliphatic heterocycles. The summed E-state index contributed by atoms with van der Waals surface area (Å²) < 4.78 is 5.08. The molecule has 0 aliphatic carbocycles. The molecule has 0 unspecified atom stereocenters. The minimum atomic E-state index is 0. The van der Waals surface area contributed by atoms with E-state index in [4.69, 9.17) is 39.5 Å². The molecule has 1 aromatic heterocycles. The molecule has 6 heteroatoms. The van der Waals surface area contributed by atoms with Crippen LogP contribution in [0.15, 0.2) is 30.5 Å². The maximum atomic E-state index is 6.10. The zero-order valence-corrected chi connectivity index (χ0v) is 13.9. The summed E-state index contributed by atoms with van der Waals surface area (Å²) >= 11 is 17.9. The smallest absolute Gasteiger partial charge is 0.118 e. The van der Waals surface area contributed by atoms with E-state index in [1.165, 1.54) is 6.20 Å². The van der Waals surface area contributed by atoms with E-state index in [0.717, 1.165) is 11.3 Å². The van der Waals surface area contributed by atoms with Crippen molar-refractivity contribution in [3.05, 3.63) is 45.5 Å². The molecule has 18 heavy (non-hydrogen) atoms. The van der Waals surface area contributed by atoms with Gasteiger partial charge in [0, 0.05) is 35.4 Å². The van der Waals surface area contributed by atoms with Crippen molar-refractivity contribution in [3.8, 4) is 17.0 Å². The van der Waals surface area contributed by atoms with Crippen molar-refractivity contribution in [2.75, 3.05) is 7.11 Å². The molecule has 2 radical (unpaired) electrons. The van der Waals surface area contributed by atoms with Crippen LogP contribution >= 0.6 is 34.8 Å². The van der Waals surface area contributed by atoms with Crippen molar-refractivity contribution in [3.63, 3.8) is 0 Å². The second kappa shape index (κ2) is 6.84. The fraction of sp³-hybridized carbons (Fsp3) is 0.0833. The van der Waals surface area contributed by atoms with Crippen molar-refractivity contribution in [2.24, 2.45) is 0 Å². The van der Waals surface area contributed by atoms with Crippen LogP contribution in [0.5, 0.6) is 5.75 Å². The summed E-state index contributed by atoms with van der Waals surface area (Å²) in [6.45, 7) is 0. The van der Waals surface area contributed by atoms with E-state index in [2.05, 4.69) is 4.98 Å². The largest absolute Gasteiger partial charge is 0.497 e. The molecule has 2 aromatic rings. The van der Waals surface area contributed by atoms with Gasteiger partial charge in [-0.1, -0.05) is 34.8 Å². The van der Waals surface area contributed by atoms with Crippen LogP contribution in [-0.2, 0) is 0 Å². The molecule has 0 spiro atoms. The zero-order valence-electron chi connectivity index (χ0n) is 9.28. The van der Waals surface area contributed by atoms with Crippen LogP contribution in [0.4, 0.5) is 0 Å². The SMILES string of the molecule is COc1ccc(-c2ncc(Cl)c(Cl)c2Cl)cc1.[Te]. The molecular formula is C12H8Cl3NOTe. The van der Waals surface area contributed by atoms with Gasteiger partial charge in [-0.25, -0.2) is 0 Å². The van der Waals surface area contributed by atoms with Crippen LogP contribution < -0.4 is 4.74 Å². The number of ether oxygens (including phenoxy) is 1. The minimum Gasteiger partial charge on any atom is -0.497 e. The first-order valence-electron chi connectivity index (χ1n) is 4.77. The molecule has 0 saturated heterocycles. The fourth-order valence-corrected chi connectivity index (χ4v) is 1.98. The number of halogens is 3. The number of pyridine rings is 1. The molecule has 0 atom stereocenters. The Kier molecular flexibility index (Phi) is 6.04. The van der Waals surface area contributed by atoms with Gasteiger partial charge in [-0.05, 0) is 24.3 Å². The summed E-state index contributed by atoms with van der Waals surface area (Å²) in [5.41, 5.74) is 1.46. The number of rotatable bonds is 2. The molecular weight excluding hydrogens is 408 g/mol. The molecule has 2 rings (SSSR count). The van der Waals surface area contributed by atoms with Crippen molar-refractivity contribution in [1.82, 2.24) is 4.98 Å². The summed E-state index contributed by atoms with van der Waals surface area (Å²) in [4.78, 5) is 4.18. The van der Waals surface area contributed by atoms with Gasteiger partial charge in [0.05, 0.1) is 27.9 Å². The number of nitrogens with zero attached hydrogens (tertiary/aromatic N) is 1. The molecule has 2 nitrogen and oxygen atoms in total. The summed E-state index contributed by atoms with van der Waals surface area (Å²) in [5.74, 6) is 0.768. The van der Waals surface area contributed by atoms with E-state index in [9.17, 15) is 0 Å². The number of hydrogen-bond acceptors (Lipinski definition) is 2. The van der Waals surface area contributed by atoms with Crippen LogP contribution in [-0.4, -0.2) is 35.8 Å². The van der Waals surface area contributed by atoms with Crippen molar-refractivity contribution < 1.29 is 4.74 Å². The van der Waals surface area contributed by atoms with Crippen LogP contribution in [0.25, 0.3) is 11.3 Å². The summed E-state index contributed by atoms with van der Waals surface area (Å²) in [6.07, 6.45) is 1.48. The van der Waals surface area contributed by atoms with Gasteiger partial charge in [0.15, 0.2) is 0 Å². The maximum Gasteiger partial charge on any atom is 0.118 e. The van der Waals surface area contributed by atoms with Gasteiger partial charge < -0.3 is 4.74 Å². The Bertz CT molecular complexity index is 546. The van der Waals surface area contributed by atoms with Crippen LogP contribution in [0.2, 0.25) is 15.1 Å². The van der Waals surface area contributed by atoms with Crippen molar-refractivity contribution in [2.45, 2.75) is 0 Å². The zero-order chi connectivity index (χ0) is 12.4. The number of aromatic nitrogens is 1. The molecule has 94 valence electrons. The molecule has 0 saturated carbocycles. The van der Waals surface area contributed by atoms with Gasteiger partial charge in [0.2, 0.25) is 0 Å². The molecule has 0 bridgehead atoms. The first-order valence-corrected chi connectivity index (χ1v) is 5.91. The van der Waals surface area contributed by atoms with Crippen molar-refractivity contribution >= 4 is 58.5 Å². The van der Waals surface area contributed by atoms with Crippen molar-refractivity contribution in [1.29, 1.82) is 0 Å². The van der Waals surface area contributed by atoms with Gasteiger partial charge in [-0.15, -0.1) is 0 Å². The molecule has 0 N–H and O–H groups in total. The van der Waals surface area contributed by atoms with Crippen LogP contribution in [0.3, 0.4) is 0 Å². The second-order valence-electron chi connectivity index (χ2n) is 3.31. The number of benzene rings is 1. The quantitative estimate of drug-likeness (QED) is 0.680. The van der Waals surface area contributed by atoms with E-state index < -0.39 is 0 Å². The van der Waals surface area contributed by atoms with E-state index in [1.807, 2.05) is 24.3 Å². The normalized spacial score (nSPS) is 9.78. The Morgan fingerprint density at radius 3 is 2.17 bits per heavy atom. The third kappa shape index (κ3) is 3.23. The predicted molar refractivity (Wildman–Crippen MR) is 77.0 cm³/mol. The molecule has 1 aromatic carbocycles. The Morgan fingerprint density at radius 2 is 1.61 bits per heavy atom. The van der Waals surface area contributed by atoms with Crippen LogP contribution in [0.1, 0.15) is 0 Å². The van der Waals surface area contributed by atoms with E-state index >= 15 is 0 Å². The van der Waals surface area contributed by atoms with Gasteiger partial charge >= 0.3 is 0 Å². The summed E-state index contributed by atoms with van der Waals surface area (Å²) in [5, 5.41) is 1.01. The second-order valence-corrected chi connectivity index (χ2v) is 4.47. The molecule has 0 amide bonds. The predicted octanol–water partition coefficient (Wildman–Crippen LogP) is 4.34. The van der Waals surface area contributed by atoms with Gasteiger partial charge in [-0.2, -0.15) is 0 Å². The number of methoxy groups -OCH3 is 1. The van der Waals surface area contributed by atoms with Crippen LogP contribution in [0, 0.1) is 0 Å². The van der Waals surface area contributed by atoms with E-state index in [1.54, 1.807) is 7.11 Å². The molecule has 0 fully saturated rings. The third-order valence-electron chi connectivity index (χ3n) is 2.28. The Morgan fingerprint density at radius 1 is 1.00 bits per heavy atom. The molecule has 0 aliphatic rings. The summed E-state index contributed by atoms with van der Waals surface area (Å²) in [7, 11) is 1.61. The van der Waals surface area contributed by atoms with E-state index in [-0.39, 0.29) is 23.7 Å². The average Bonchev–Trinajstić information content (AvgIpc) is 2.36. The standard InChI is InChI=1S/C12H8Cl3NO.Te/c1-17-8-4-2-7(3-5-8)12-11(15)10(14)9(13)6-16-12;/h2-6H,1H3;. The monoisotopic (exact) mass is 417 g/mol. The topological polar surface area (TPSA) is 22.1 Å². The first-order chi connectivity index (χ1) is 8.13. The minimum absolute atomic E-state index is 0. The van der Waals surface area contributed by atoms with Gasteiger partial charge in [0.1, 0.15) is 5.75 Å². The maximum absolute atomic E-state index is 6.10.